The summed E-state index contributed by atoms with van der Waals surface area (Å²) >= 11 is 19.6. The molecule has 0 fully saturated rings. The van der Waals surface area contributed by atoms with Crippen molar-refractivity contribution in [3.63, 3.8) is 0 Å². The van der Waals surface area contributed by atoms with E-state index in [1.165, 1.54) is 4.90 Å². The fourth-order valence-corrected chi connectivity index (χ4v) is 5.87. The number of rotatable bonds is 9. The van der Waals surface area contributed by atoms with Gasteiger partial charge in [-0.15, -0.1) is 0 Å². The Morgan fingerprint density at radius 3 is 2.28 bits per heavy atom. The first-order valence-electron chi connectivity index (χ1n) is 14.0. The van der Waals surface area contributed by atoms with Gasteiger partial charge in [0.05, 0.1) is 34.6 Å². The van der Waals surface area contributed by atoms with E-state index >= 15 is 0 Å². The molecule has 0 saturated carbocycles. The molecule has 0 aliphatic heterocycles. The minimum Gasteiger partial charge on any atom is -0.491 e. The molecule has 2 heterocycles. The first-order valence-corrected chi connectivity index (χ1v) is 18.0. The number of ether oxygens (including phenoxy) is 2. The lowest BCUT2D eigenvalue weighted by atomic mass is 10.1. The zero-order chi connectivity index (χ0) is 32.5. The quantitative estimate of drug-likeness (QED) is 0.167. The third-order valence-corrected chi connectivity index (χ3v) is 12.8. The molecule has 1 atom stereocenters. The smallest absolute Gasteiger partial charge is 0.410 e. The van der Waals surface area contributed by atoms with E-state index in [1.807, 2.05) is 27.7 Å². The highest BCUT2D eigenvalue weighted by atomic mass is 35.5. The third-order valence-electron chi connectivity index (χ3n) is 7.27. The zero-order valence-electron chi connectivity index (χ0n) is 26.8. The molecular weight excluding hydrogens is 629 g/mol. The summed E-state index contributed by atoms with van der Waals surface area (Å²) in [5.41, 5.74) is 1.76. The molecule has 3 aromatic rings. The third kappa shape index (κ3) is 8.85. The molecule has 0 bridgehead atoms. The molecule has 13 heteroatoms. The van der Waals surface area contributed by atoms with Crippen molar-refractivity contribution in [2.24, 2.45) is 7.05 Å². The van der Waals surface area contributed by atoms with Crippen LogP contribution in [0.1, 0.15) is 47.1 Å². The lowest BCUT2D eigenvalue weighted by Gasteiger charge is -2.40. The highest BCUT2D eigenvalue weighted by Gasteiger charge is 2.40. The maximum absolute atomic E-state index is 12.7. The number of hydrogen-bond donors (Lipinski definition) is 0. The van der Waals surface area contributed by atoms with Gasteiger partial charge in [-0.25, -0.2) is 14.8 Å². The second-order valence-electron chi connectivity index (χ2n) is 13.1. The van der Waals surface area contributed by atoms with Crippen LogP contribution in [0.2, 0.25) is 33.3 Å². The van der Waals surface area contributed by atoms with Crippen LogP contribution in [0, 0.1) is 6.92 Å². The van der Waals surface area contributed by atoms with Crippen molar-refractivity contribution in [2.75, 3.05) is 20.2 Å². The number of carbonyl (C=O) groups excluding carboxylic acids is 1. The van der Waals surface area contributed by atoms with Crippen molar-refractivity contribution in [3.05, 3.63) is 45.2 Å². The number of amides is 1. The summed E-state index contributed by atoms with van der Waals surface area (Å²) < 4.78 is 20.1. The van der Waals surface area contributed by atoms with Crippen molar-refractivity contribution in [1.29, 1.82) is 0 Å². The van der Waals surface area contributed by atoms with Crippen LogP contribution in [0.5, 0.6) is 5.75 Å². The molecule has 43 heavy (non-hydrogen) atoms. The average Bonchev–Trinajstić information content (AvgIpc) is 3.20. The topological polar surface area (TPSA) is 91.6 Å². The Balaban J connectivity index is 1.91. The molecule has 0 aliphatic rings. The Hall–Kier alpha value is -2.37. The van der Waals surface area contributed by atoms with Gasteiger partial charge >= 0.3 is 6.09 Å². The van der Waals surface area contributed by atoms with E-state index in [1.54, 1.807) is 43.2 Å². The van der Waals surface area contributed by atoms with Crippen molar-refractivity contribution in [1.82, 2.24) is 24.6 Å². The van der Waals surface area contributed by atoms with E-state index in [0.717, 1.165) is 0 Å². The Bertz CT molecular complexity index is 1450. The Morgan fingerprint density at radius 1 is 1.07 bits per heavy atom. The number of halogens is 3. The van der Waals surface area contributed by atoms with Crippen LogP contribution in [-0.2, 0) is 16.2 Å². The zero-order valence-corrected chi connectivity index (χ0v) is 30.1. The fourth-order valence-electron chi connectivity index (χ4n) is 3.91. The van der Waals surface area contributed by atoms with E-state index in [-0.39, 0.29) is 23.3 Å². The Kier molecular flexibility index (Phi) is 10.9. The first-order chi connectivity index (χ1) is 19.7. The van der Waals surface area contributed by atoms with Gasteiger partial charge in [-0.3, -0.25) is 4.68 Å². The number of hydrogen-bond acceptors (Lipinski definition) is 7. The second-order valence-corrected chi connectivity index (χ2v) is 19.0. The summed E-state index contributed by atoms with van der Waals surface area (Å²) in [6.45, 7) is 18.6. The van der Waals surface area contributed by atoms with E-state index < -0.39 is 26.1 Å². The number of benzene rings is 1. The molecule has 1 aromatic carbocycles. The molecule has 3 rings (SSSR count). The maximum atomic E-state index is 12.7. The van der Waals surface area contributed by atoms with Gasteiger partial charge in [0.1, 0.15) is 28.8 Å². The summed E-state index contributed by atoms with van der Waals surface area (Å²) in [7, 11) is 1.26. The van der Waals surface area contributed by atoms with Gasteiger partial charge in [0.2, 0.25) is 0 Å². The van der Waals surface area contributed by atoms with Gasteiger partial charge in [0.15, 0.2) is 14.1 Å². The molecule has 1 amide bonds. The van der Waals surface area contributed by atoms with Crippen molar-refractivity contribution >= 4 is 49.2 Å². The van der Waals surface area contributed by atoms with Crippen LogP contribution in [0.4, 0.5) is 4.79 Å². The summed E-state index contributed by atoms with van der Waals surface area (Å²) in [6, 6.07) is 5.25. The molecule has 236 valence electrons. The van der Waals surface area contributed by atoms with Crippen LogP contribution in [-0.4, -0.2) is 71.0 Å². The molecule has 0 spiro atoms. The summed E-state index contributed by atoms with van der Waals surface area (Å²) in [5.74, 6) is 0.848. The van der Waals surface area contributed by atoms with Gasteiger partial charge in [0.25, 0.3) is 0 Å². The molecule has 9 nitrogen and oxygen atoms in total. The van der Waals surface area contributed by atoms with Gasteiger partial charge in [-0.05, 0) is 64.0 Å². The predicted octanol–water partition coefficient (Wildman–Crippen LogP) is 8.45. The van der Waals surface area contributed by atoms with Crippen LogP contribution in [0.3, 0.4) is 0 Å². The minimum atomic E-state index is -2.21. The van der Waals surface area contributed by atoms with Gasteiger partial charge in [-0.2, -0.15) is 5.10 Å². The predicted molar refractivity (Wildman–Crippen MR) is 176 cm³/mol. The van der Waals surface area contributed by atoms with E-state index in [4.69, 9.17) is 53.7 Å². The molecule has 0 N–H and O–H groups in total. The number of aromatic nitrogens is 4. The summed E-state index contributed by atoms with van der Waals surface area (Å²) in [5, 5.41) is 5.32. The van der Waals surface area contributed by atoms with Crippen molar-refractivity contribution in [2.45, 2.75) is 78.3 Å². The minimum absolute atomic E-state index is 0.0420. The van der Waals surface area contributed by atoms with Crippen LogP contribution >= 0.6 is 34.8 Å². The van der Waals surface area contributed by atoms with Crippen LogP contribution < -0.4 is 4.74 Å². The number of aryl methyl sites for hydroxylation is 1. The van der Waals surface area contributed by atoms with Crippen LogP contribution in [0.25, 0.3) is 22.8 Å². The van der Waals surface area contributed by atoms with Crippen LogP contribution in [0.15, 0.2) is 24.4 Å². The largest absolute Gasteiger partial charge is 0.491 e. The molecule has 0 unspecified atom stereocenters. The summed E-state index contributed by atoms with van der Waals surface area (Å²) in [6.07, 6.45) is 0.708. The van der Waals surface area contributed by atoms with Crippen molar-refractivity contribution in [3.8, 4) is 28.5 Å². The highest BCUT2D eigenvalue weighted by molar-refractivity contribution is 6.74. The second kappa shape index (κ2) is 13.3. The molecule has 0 aliphatic carbocycles. The first kappa shape index (κ1) is 35.1. The number of nitrogens with zero attached hydrogens (tertiary/aromatic N) is 5. The maximum Gasteiger partial charge on any atom is 0.410 e. The molecule has 0 radical (unpaired) electrons. The SMILES string of the molecule is Cc1c(Cl)nc(-c2cc(OC[C@@H](CN(C)C(=O)OC(C)(C)C)O[Si](C)(C)C(C)(C)C)ccc2Cl)nc1-c1c(Cl)cnn1C. The molecule has 0 saturated heterocycles. The number of carbonyl (C=O) groups is 1. The van der Waals surface area contributed by atoms with Gasteiger partial charge in [0, 0.05) is 25.2 Å². The highest BCUT2D eigenvalue weighted by Crippen LogP contribution is 2.38. The Morgan fingerprint density at radius 2 is 1.72 bits per heavy atom. The molecular formula is C30H42Cl3N5O4Si. The summed E-state index contributed by atoms with van der Waals surface area (Å²) in [4.78, 5) is 23.5. The van der Waals surface area contributed by atoms with Crippen molar-refractivity contribution < 1.29 is 18.7 Å². The monoisotopic (exact) mass is 669 g/mol. The number of likely N-dealkylation sites (N-methyl/N-ethyl adjacent to an activating group) is 1. The van der Waals surface area contributed by atoms with Gasteiger partial charge in [-0.1, -0.05) is 55.6 Å². The van der Waals surface area contributed by atoms with Gasteiger partial charge < -0.3 is 18.8 Å². The van der Waals surface area contributed by atoms with E-state index in [0.29, 0.717) is 44.1 Å². The Labute approximate surface area is 270 Å². The lowest BCUT2D eigenvalue weighted by Crippen LogP contribution is -2.49. The molecule has 2 aromatic heterocycles. The normalized spacial score (nSPS) is 13.2. The lowest BCUT2D eigenvalue weighted by molar-refractivity contribution is 0.0172. The van der Waals surface area contributed by atoms with E-state index in [2.05, 4.69) is 43.9 Å². The fraction of sp³-hybridized carbons (Fsp3) is 0.533. The average molecular weight is 671 g/mol. The standard InChI is InChI=1S/C30H42Cl3N5O4Si/c1-18-24(25-23(32)15-34-38(25)9)35-27(36-26(18)33)21-14-19(12-13-22(21)31)40-17-20(42-43(10,11)30(5,6)7)16-37(8)28(39)41-29(2,3)4/h12-15,20H,16-17H2,1-11H3/t20-/m1/s1. The van der Waals surface area contributed by atoms with E-state index in [9.17, 15) is 4.79 Å².